The van der Waals surface area contributed by atoms with Gasteiger partial charge >= 0.3 is 0 Å². The first-order chi connectivity index (χ1) is 5.11. The minimum absolute atomic E-state index is 0.875. The second-order valence-electron chi connectivity index (χ2n) is 2.12. The Labute approximate surface area is 76.1 Å². The number of allylic oxidation sites excluding steroid dienone is 5. The summed E-state index contributed by atoms with van der Waals surface area (Å²) in [6, 6.07) is 0. The molecule has 1 nitrogen and oxygen atoms in total. The molecule has 0 amide bonds. The van der Waals surface area contributed by atoms with E-state index in [0.717, 1.165) is 15.6 Å². The number of nitrogens with two attached hydrogens (primary N) is 1. The molecule has 0 spiro atoms. The van der Waals surface area contributed by atoms with E-state index in [9.17, 15) is 0 Å². The Morgan fingerprint density at radius 1 is 1.55 bits per heavy atom. The van der Waals surface area contributed by atoms with Crippen LogP contribution in [0.25, 0.3) is 0 Å². The molecule has 0 aliphatic heterocycles. The van der Waals surface area contributed by atoms with Crippen LogP contribution < -0.4 is 5.73 Å². The summed E-state index contributed by atoms with van der Waals surface area (Å²) in [6.45, 7) is 9.28. The van der Waals surface area contributed by atoms with Crippen molar-refractivity contribution >= 4 is 15.9 Å². The Morgan fingerprint density at radius 2 is 2.09 bits per heavy atom. The molecule has 60 valence electrons. The van der Waals surface area contributed by atoms with Gasteiger partial charge < -0.3 is 5.73 Å². The van der Waals surface area contributed by atoms with Crippen molar-refractivity contribution in [1.82, 2.24) is 0 Å². The van der Waals surface area contributed by atoms with Gasteiger partial charge in [0.25, 0.3) is 0 Å². The van der Waals surface area contributed by atoms with E-state index in [4.69, 9.17) is 5.73 Å². The molecular formula is C9H12BrN. The van der Waals surface area contributed by atoms with Crippen LogP contribution in [0.3, 0.4) is 0 Å². The third-order valence-electron chi connectivity index (χ3n) is 1.19. The third kappa shape index (κ3) is 3.83. The number of hydrogen-bond donors (Lipinski definition) is 1. The van der Waals surface area contributed by atoms with E-state index in [1.807, 2.05) is 13.0 Å². The molecule has 0 unspecified atom stereocenters. The highest BCUT2D eigenvalue weighted by atomic mass is 79.9. The van der Waals surface area contributed by atoms with Crippen molar-refractivity contribution in [3.8, 4) is 0 Å². The van der Waals surface area contributed by atoms with Crippen molar-refractivity contribution in [3.63, 3.8) is 0 Å². The highest BCUT2D eigenvalue weighted by Gasteiger charge is 1.92. The largest absolute Gasteiger partial charge is 0.404 e. The molecule has 0 aliphatic carbocycles. The topological polar surface area (TPSA) is 26.0 Å². The summed E-state index contributed by atoms with van der Waals surface area (Å²) in [4.78, 5) is 0. The summed E-state index contributed by atoms with van der Waals surface area (Å²) < 4.78 is 0.875. The lowest BCUT2D eigenvalue weighted by molar-refractivity contribution is 1.44. The fourth-order valence-corrected chi connectivity index (χ4v) is 0.652. The van der Waals surface area contributed by atoms with Crippen molar-refractivity contribution in [1.29, 1.82) is 0 Å². The standard InChI is InChI=1S/C9H12BrN/c1-4-7(2)5-8(3)9(10)6-11/h4-6H,1-2,11H2,3H3/b8-5-,9-6+. The van der Waals surface area contributed by atoms with Crippen molar-refractivity contribution in [2.45, 2.75) is 6.92 Å². The van der Waals surface area contributed by atoms with E-state index in [-0.39, 0.29) is 0 Å². The Balaban J connectivity index is 4.46. The molecule has 0 heterocycles. The van der Waals surface area contributed by atoms with E-state index in [2.05, 4.69) is 29.1 Å². The van der Waals surface area contributed by atoms with E-state index in [1.165, 1.54) is 6.20 Å². The first-order valence-corrected chi connectivity index (χ1v) is 3.98. The molecule has 0 aromatic carbocycles. The summed E-state index contributed by atoms with van der Waals surface area (Å²) in [5, 5.41) is 0. The molecule has 0 saturated heterocycles. The lowest BCUT2D eigenvalue weighted by Gasteiger charge is -1.97. The zero-order chi connectivity index (χ0) is 8.85. The van der Waals surface area contributed by atoms with E-state index in [0.29, 0.717) is 0 Å². The van der Waals surface area contributed by atoms with Crippen LogP contribution in [0.5, 0.6) is 0 Å². The molecule has 0 fully saturated rings. The predicted molar refractivity (Wildman–Crippen MR) is 54.3 cm³/mol. The zero-order valence-electron chi connectivity index (χ0n) is 6.60. The van der Waals surface area contributed by atoms with Gasteiger partial charge in [-0.15, -0.1) is 0 Å². The second kappa shape index (κ2) is 4.97. The van der Waals surface area contributed by atoms with Gasteiger partial charge in [0.15, 0.2) is 0 Å². The number of hydrogen-bond acceptors (Lipinski definition) is 1. The summed E-state index contributed by atoms with van der Waals surface area (Å²) >= 11 is 3.29. The molecular weight excluding hydrogens is 202 g/mol. The molecule has 0 rings (SSSR count). The van der Waals surface area contributed by atoms with Crippen LogP contribution in [-0.4, -0.2) is 0 Å². The van der Waals surface area contributed by atoms with E-state index in [1.54, 1.807) is 6.08 Å². The van der Waals surface area contributed by atoms with Gasteiger partial charge in [-0.25, -0.2) is 0 Å². The number of halogens is 1. The van der Waals surface area contributed by atoms with Crippen LogP contribution in [0.4, 0.5) is 0 Å². The van der Waals surface area contributed by atoms with Crippen LogP contribution in [-0.2, 0) is 0 Å². The van der Waals surface area contributed by atoms with Crippen LogP contribution in [0.15, 0.2) is 47.1 Å². The second-order valence-corrected chi connectivity index (χ2v) is 2.98. The Bertz CT molecular complexity index is 224. The van der Waals surface area contributed by atoms with Gasteiger partial charge in [0.1, 0.15) is 0 Å². The lowest BCUT2D eigenvalue weighted by Crippen LogP contribution is -1.83. The smallest absolute Gasteiger partial charge is 0.0359 e. The van der Waals surface area contributed by atoms with Crippen LogP contribution >= 0.6 is 15.9 Å². The van der Waals surface area contributed by atoms with Crippen LogP contribution in [0, 0.1) is 0 Å². The molecule has 2 heteroatoms. The maximum atomic E-state index is 5.28. The predicted octanol–water partition coefficient (Wildman–Crippen LogP) is 2.87. The maximum absolute atomic E-state index is 5.28. The van der Waals surface area contributed by atoms with Gasteiger partial charge in [-0.1, -0.05) is 25.3 Å². The minimum atomic E-state index is 0.875. The van der Waals surface area contributed by atoms with Crippen LogP contribution in [0.1, 0.15) is 6.92 Å². The first kappa shape index (κ1) is 10.2. The molecule has 0 aromatic rings. The average molecular weight is 214 g/mol. The van der Waals surface area contributed by atoms with Crippen molar-refractivity contribution in [2.75, 3.05) is 0 Å². The lowest BCUT2D eigenvalue weighted by atomic mass is 10.2. The van der Waals surface area contributed by atoms with Gasteiger partial charge in [-0.05, 0) is 34.0 Å². The van der Waals surface area contributed by atoms with Gasteiger partial charge in [-0.3, -0.25) is 0 Å². The van der Waals surface area contributed by atoms with Crippen molar-refractivity contribution in [2.24, 2.45) is 5.73 Å². The summed E-state index contributed by atoms with van der Waals surface area (Å²) in [5.41, 5.74) is 7.20. The van der Waals surface area contributed by atoms with Gasteiger partial charge in [0.2, 0.25) is 0 Å². The highest BCUT2D eigenvalue weighted by Crippen LogP contribution is 2.16. The summed E-state index contributed by atoms with van der Waals surface area (Å²) in [7, 11) is 0. The minimum Gasteiger partial charge on any atom is -0.404 e. The third-order valence-corrected chi connectivity index (χ3v) is 2.08. The molecule has 0 aliphatic rings. The monoisotopic (exact) mass is 213 g/mol. The van der Waals surface area contributed by atoms with Crippen molar-refractivity contribution < 1.29 is 0 Å². The van der Waals surface area contributed by atoms with Crippen molar-refractivity contribution in [3.05, 3.63) is 47.1 Å². The maximum Gasteiger partial charge on any atom is 0.0359 e. The van der Waals surface area contributed by atoms with Gasteiger partial charge in [0.05, 0.1) is 0 Å². The molecule has 11 heavy (non-hydrogen) atoms. The average Bonchev–Trinajstić information content (AvgIpc) is 2.02. The molecule has 0 saturated carbocycles. The highest BCUT2D eigenvalue weighted by molar-refractivity contribution is 9.11. The summed E-state index contributed by atoms with van der Waals surface area (Å²) in [6.07, 6.45) is 5.10. The number of rotatable bonds is 3. The van der Waals surface area contributed by atoms with Crippen LogP contribution in [0.2, 0.25) is 0 Å². The Kier molecular flexibility index (Phi) is 4.62. The molecule has 0 aromatic heterocycles. The molecule has 2 N–H and O–H groups in total. The fourth-order valence-electron chi connectivity index (χ4n) is 0.537. The fraction of sp³-hybridized carbons (Fsp3) is 0.111. The van der Waals surface area contributed by atoms with E-state index >= 15 is 0 Å². The summed E-state index contributed by atoms with van der Waals surface area (Å²) in [5.74, 6) is 0. The quantitative estimate of drug-likeness (QED) is 0.718. The SMILES string of the molecule is C=CC(=C)/C=C(C)\C(Br)=C/N. The Hall–Kier alpha value is -0.760. The molecule has 0 bridgehead atoms. The van der Waals surface area contributed by atoms with Gasteiger partial charge in [-0.2, -0.15) is 0 Å². The van der Waals surface area contributed by atoms with Gasteiger partial charge in [0, 0.05) is 10.7 Å². The zero-order valence-corrected chi connectivity index (χ0v) is 8.19. The Morgan fingerprint density at radius 3 is 2.45 bits per heavy atom. The molecule has 0 atom stereocenters. The van der Waals surface area contributed by atoms with E-state index < -0.39 is 0 Å². The first-order valence-electron chi connectivity index (χ1n) is 3.19. The normalized spacial score (nSPS) is 12.9. The molecule has 0 radical (unpaired) electrons.